The average Bonchev–Trinajstić information content (AvgIpc) is 3.07. The van der Waals surface area contributed by atoms with Crippen LogP contribution in [-0.4, -0.2) is 17.6 Å². The van der Waals surface area contributed by atoms with Crippen LogP contribution in [0, 0.1) is 11.2 Å². The molecule has 0 radical (unpaired) electrons. The van der Waals surface area contributed by atoms with Crippen molar-refractivity contribution in [3.05, 3.63) is 29.6 Å². The zero-order valence-electron chi connectivity index (χ0n) is 9.79. The molecule has 0 atom stereocenters. The fraction of sp³-hybridized carbons (Fsp3) is 0.462. The van der Waals surface area contributed by atoms with Crippen molar-refractivity contribution in [3.8, 4) is 0 Å². The van der Waals surface area contributed by atoms with Crippen LogP contribution in [0.4, 0.5) is 10.1 Å². The Bertz CT molecular complexity index is 441. The van der Waals surface area contributed by atoms with Crippen molar-refractivity contribution in [2.75, 3.05) is 11.9 Å². The van der Waals surface area contributed by atoms with Crippen LogP contribution < -0.4 is 5.32 Å². The zero-order valence-corrected chi connectivity index (χ0v) is 9.79. The van der Waals surface area contributed by atoms with E-state index in [1.807, 2.05) is 0 Å². The van der Waals surface area contributed by atoms with Crippen molar-refractivity contribution in [3.63, 3.8) is 0 Å². The number of rotatable bonds is 5. The highest BCUT2D eigenvalue weighted by atomic mass is 19.1. The molecule has 1 aliphatic rings. The molecule has 0 amide bonds. The number of hydrogen-bond donors (Lipinski definition) is 2. The molecule has 3 nitrogen and oxygen atoms in total. The second-order valence-corrected chi connectivity index (χ2v) is 4.71. The summed E-state index contributed by atoms with van der Waals surface area (Å²) in [5, 5.41) is 11.9. The van der Waals surface area contributed by atoms with Crippen LogP contribution >= 0.6 is 0 Å². The van der Waals surface area contributed by atoms with Gasteiger partial charge >= 0.3 is 5.97 Å². The van der Waals surface area contributed by atoms with Crippen LogP contribution in [0.2, 0.25) is 0 Å². The highest BCUT2D eigenvalue weighted by Crippen LogP contribution is 2.48. The van der Waals surface area contributed by atoms with Gasteiger partial charge in [-0.25, -0.2) is 9.18 Å². The summed E-state index contributed by atoms with van der Waals surface area (Å²) in [6, 6.07) is 4.15. The Labute approximate surface area is 99.7 Å². The van der Waals surface area contributed by atoms with Crippen LogP contribution in [-0.2, 0) is 0 Å². The number of hydrogen-bond acceptors (Lipinski definition) is 2. The van der Waals surface area contributed by atoms with Crippen LogP contribution in [0.5, 0.6) is 0 Å². The third-order valence-electron chi connectivity index (χ3n) is 3.57. The zero-order chi connectivity index (χ0) is 12.5. The summed E-state index contributed by atoms with van der Waals surface area (Å²) in [5.41, 5.74) is 0.737. The molecule has 2 rings (SSSR count). The van der Waals surface area contributed by atoms with Crippen LogP contribution in [0.25, 0.3) is 0 Å². The van der Waals surface area contributed by atoms with Crippen molar-refractivity contribution in [2.45, 2.75) is 26.2 Å². The molecule has 4 heteroatoms. The minimum absolute atomic E-state index is 0.285. The molecule has 1 saturated carbocycles. The minimum atomic E-state index is -1.23. The van der Waals surface area contributed by atoms with E-state index in [2.05, 4.69) is 12.2 Å². The number of carboxylic acids is 1. The van der Waals surface area contributed by atoms with Crippen LogP contribution in [0.15, 0.2) is 18.2 Å². The first-order chi connectivity index (χ1) is 8.06. The predicted octanol–water partition coefficient (Wildman–Crippen LogP) is 3.13. The Kier molecular flexibility index (Phi) is 3.05. The molecule has 0 unspecified atom stereocenters. The summed E-state index contributed by atoms with van der Waals surface area (Å²) < 4.78 is 13.4. The first-order valence-corrected chi connectivity index (χ1v) is 5.83. The maximum absolute atomic E-state index is 13.4. The van der Waals surface area contributed by atoms with Gasteiger partial charge in [0.05, 0.1) is 5.56 Å². The smallest absolute Gasteiger partial charge is 0.338 e. The normalized spacial score (nSPS) is 16.6. The van der Waals surface area contributed by atoms with Gasteiger partial charge in [0.1, 0.15) is 5.82 Å². The SMILES string of the molecule is CCC1(CNc2ccc(C(=O)O)c(F)c2)CC1. The molecule has 0 aromatic heterocycles. The standard InChI is InChI=1S/C13H16FNO2/c1-2-13(5-6-13)8-15-9-3-4-10(12(16)17)11(14)7-9/h3-4,7,15H,2,5-6,8H2,1H3,(H,16,17). The molecule has 1 aliphatic carbocycles. The predicted molar refractivity (Wildman–Crippen MR) is 63.8 cm³/mol. The molecule has 1 aromatic rings. The fourth-order valence-corrected chi connectivity index (χ4v) is 1.92. The molecule has 92 valence electrons. The van der Waals surface area contributed by atoms with Gasteiger partial charge in [0.15, 0.2) is 0 Å². The summed E-state index contributed by atoms with van der Waals surface area (Å²) in [6.07, 6.45) is 3.55. The summed E-state index contributed by atoms with van der Waals surface area (Å²) in [4.78, 5) is 10.6. The first-order valence-electron chi connectivity index (χ1n) is 5.83. The van der Waals surface area contributed by atoms with Gasteiger partial charge in [0, 0.05) is 12.2 Å². The molecule has 0 heterocycles. The molecule has 17 heavy (non-hydrogen) atoms. The summed E-state index contributed by atoms with van der Waals surface area (Å²) >= 11 is 0. The number of benzene rings is 1. The number of carboxylic acid groups (broad SMARTS) is 1. The number of aromatic carboxylic acids is 1. The van der Waals surface area contributed by atoms with Gasteiger partial charge in [-0.15, -0.1) is 0 Å². The van der Waals surface area contributed by atoms with Crippen LogP contribution in [0.3, 0.4) is 0 Å². The summed E-state index contributed by atoms with van der Waals surface area (Å²) in [7, 11) is 0. The Morgan fingerprint density at radius 1 is 1.53 bits per heavy atom. The lowest BCUT2D eigenvalue weighted by Gasteiger charge is -2.14. The Hall–Kier alpha value is -1.58. The lowest BCUT2D eigenvalue weighted by atomic mass is 10.0. The van der Waals surface area contributed by atoms with Gasteiger partial charge in [0.2, 0.25) is 0 Å². The molecule has 2 N–H and O–H groups in total. The van der Waals surface area contributed by atoms with Crippen molar-refractivity contribution in [2.24, 2.45) is 5.41 Å². The Morgan fingerprint density at radius 2 is 2.24 bits per heavy atom. The fourth-order valence-electron chi connectivity index (χ4n) is 1.92. The number of halogens is 1. The molecule has 1 aromatic carbocycles. The number of nitrogens with one attached hydrogen (secondary N) is 1. The van der Waals surface area contributed by atoms with E-state index in [0.717, 1.165) is 13.0 Å². The molecule has 0 spiro atoms. The molecule has 0 bridgehead atoms. The van der Waals surface area contributed by atoms with E-state index in [9.17, 15) is 9.18 Å². The highest BCUT2D eigenvalue weighted by Gasteiger charge is 2.40. The lowest BCUT2D eigenvalue weighted by molar-refractivity contribution is 0.0692. The second kappa shape index (κ2) is 4.35. The third-order valence-corrected chi connectivity index (χ3v) is 3.57. The molecular formula is C13H16FNO2. The van der Waals surface area contributed by atoms with Gasteiger partial charge < -0.3 is 10.4 Å². The van der Waals surface area contributed by atoms with Gasteiger partial charge in [0.25, 0.3) is 0 Å². The maximum atomic E-state index is 13.4. The van der Waals surface area contributed by atoms with E-state index in [4.69, 9.17) is 5.11 Å². The van der Waals surface area contributed by atoms with Crippen molar-refractivity contribution < 1.29 is 14.3 Å². The molecular weight excluding hydrogens is 221 g/mol. The summed E-state index contributed by atoms with van der Waals surface area (Å²) in [6.45, 7) is 2.98. The first kappa shape index (κ1) is 11.9. The van der Waals surface area contributed by atoms with Crippen molar-refractivity contribution in [1.82, 2.24) is 0 Å². The maximum Gasteiger partial charge on any atom is 0.338 e. The van der Waals surface area contributed by atoms with Crippen LogP contribution in [0.1, 0.15) is 36.5 Å². The van der Waals surface area contributed by atoms with Gasteiger partial charge in [-0.2, -0.15) is 0 Å². The van der Waals surface area contributed by atoms with Gasteiger partial charge in [-0.3, -0.25) is 0 Å². The third kappa shape index (κ3) is 2.57. The van der Waals surface area contributed by atoms with Gasteiger partial charge in [-0.1, -0.05) is 6.92 Å². The second-order valence-electron chi connectivity index (χ2n) is 4.71. The largest absolute Gasteiger partial charge is 0.478 e. The summed E-state index contributed by atoms with van der Waals surface area (Å²) in [5.74, 6) is -1.93. The van der Waals surface area contributed by atoms with E-state index in [0.29, 0.717) is 11.1 Å². The molecule has 1 fully saturated rings. The van der Waals surface area contributed by atoms with E-state index in [1.54, 1.807) is 6.07 Å². The van der Waals surface area contributed by atoms with E-state index < -0.39 is 11.8 Å². The Balaban J connectivity index is 2.03. The topological polar surface area (TPSA) is 49.3 Å². The lowest BCUT2D eigenvalue weighted by Crippen LogP contribution is -2.14. The van der Waals surface area contributed by atoms with Gasteiger partial charge in [-0.05, 0) is 42.9 Å². The van der Waals surface area contributed by atoms with Crippen molar-refractivity contribution >= 4 is 11.7 Å². The highest BCUT2D eigenvalue weighted by molar-refractivity contribution is 5.88. The average molecular weight is 237 g/mol. The van der Waals surface area contributed by atoms with E-state index in [1.165, 1.54) is 25.0 Å². The monoisotopic (exact) mass is 237 g/mol. The Morgan fingerprint density at radius 3 is 2.71 bits per heavy atom. The number of carbonyl (C=O) groups is 1. The minimum Gasteiger partial charge on any atom is -0.478 e. The van der Waals surface area contributed by atoms with Crippen molar-refractivity contribution in [1.29, 1.82) is 0 Å². The molecule has 0 saturated heterocycles. The van der Waals surface area contributed by atoms with E-state index in [-0.39, 0.29) is 5.56 Å². The quantitative estimate of drug-likeness (QED) is 0.827. The van der Waals surface area contributed by atoms with E-state index >= 15 is 0 Å². The number of anilines is 1. The molecule has 0 aliphatic heterocycles.